The first-order chi connectivity index (χ1) is 8.20. The van der Waals surface area contributed by atoms with Crippen molar-refractivity contribution in [1.82, 2.24) is 15.0 Å². The number of aromatic nitrogens is 3. The highest BCUT2D eigenvalue weighted by molar-refractivity contribution is 5.36. The fourth-order valence-corrected chi connectivity index (χ4v) is 1.47. The van der Waals surface area contributed by atoms with Gasteiger partial charge in [-0.05, 0) is 38.1 Å². The first kappa shape index (κ1) is 11.6. The summed E-state index contributed by atoms with van der Waals surface area (Å²) in [6.07, 6.45) is 1.83. The van der Waals surface area contributed by atoms with Gasteiger partial charge in [-0.3, -0.25) is 0 Å². The van der Waals surface area contributed by atoms with Crippen LogP contribution in [0.4, 0.5) is 0 Å². The van der Waals surface area contributed by atoms with E-state index >= 15 is 0 Å². The molecule has 90 valence electrons. The number of ether oxygens (including phenoxy) is 1. The Morgan fingerprint density at radius 3 is 2.59 bits per heavy atom. The Morgan fingerprint density at radius 1 is 1.35 bits per heavy atom. The topological polar surface area (TPSA) is 66.0 Å². The molecule has 2 N–H and O–H groups in total. The molecule has 1 aromatic heterocycles. The molecule has 0 radical (unpaired) electrons. The average molecular weight is 232 g/mol. The number of hydrogen-bond donors (Lipinski definition) is 1. The smallest absolute Gasteiger partial charge is 0.119 e. The summed E-state index contributed by atoms with van der Waals surface area (Å²) in [4.78, 5) is 0. The molecule has 0 fully saturated rings. The van der Waals surface area contributed by atoms with Crippen LogP contribution in [0.25, 0.3) is 5.69 Å². The predicted molar refractivity (Wildman–Crippen MR) is 65.1 cm³/mol. The molecule has 0 amide bonds. The molecule has 0 aliphatic carbocycles. The first-order valence-electron chi connectivity index (χ1n) is 5.61. The maximum atomic E-state index is 5.73. The van der Waals surface area contributed by atoms with Gasteiger partial charge in [-0.15, -0.1) is 5.10 Å². The maximum Gasteiger partial charge on any atom is 0.119 e. The van der Waals surface area contributed by atoms with Gasteiger partial charge in [0, 0.05) is 6.04 Å². The van der Waals surface area contributed by atoms with Crippen molar-refractivity contribution >= 4 is 0 Å². The van der Waals surface area contributed by atoms with Gasteiger partial charge in [0.25, 0.3) is 0 Å². The second-order valence-electron chi connectivity index (χ2n) is 3.80. The highest BCUT2D eigenvalue weighted by Crippen LogP contribution is 2.15. The van der Waals surface area contributed by atoms with Crippen LogP contribution in [-0.2, 0) is 0 Å². The molecule has 1 aromatic carbocycles. The van der Waals surface area contributed by atoms with Gasteiger partial charge in [-0.1, -0.05) is 5.21 Å². The van der Waals surface area contributed by atoms with Crippen LogP contribution in [0.2, 0.25) is 0 Å². The van der Waals surface area contributed by atoms with Gasteiger partial charge >= 0.3 is 0 Å². The van der Waals surface area contributed by atoms with Crippen molar-refractivity contribution in [3.8, 4) is 11.4 Å². The van der Waals surface area contributed by atoms with Crippen molar-refractivity contribution in [3.05, 3.63) is 36.2 Å². The zero-order valence-electron chi connectivity index (χ0n) is 10.00. The molecule has 2 aromatic rings. The summed E-state index contributed by atoms with van der Waals surface area (Å²) < 4.78 is 7.08. The van der Waals surface area contributed by atoms with E-state index < -0.39 is 0 Å². The van der Waals surface area contributed by atoms with Crippen LogP contribution in [0.1, 0.15) is 25.6 Å². The second kappa shape index (κ2) is 4.97. The molecule has 0 saturated heterocycles. The standard InChI is InChI=1S/C12H16N4O/c1-3-17-11-6-4-10(5-7-11)16-8-12(9(2)13)14-15-16/h4-9H,3,13H2,1-2H3. The Bertz CT molecular complexity index is 476. The summed E-state index contributed by atoms with van der Waals surface area (Å²) in [6.45, 7) is 4.50. The molecule has 1 heterocycles. The average Bonchev–Trinajstić information content (AvgIpc) is 2.80. The summed E-state index contributed by atoms with van der Waals surface area (Å²) in [5.74, 6) is 0.851. The van der Waals surface area contributed by atoms with Crippen molar-refractivity contribution in [2.24, 2.45) is 5.73 Å². The second-order valence-corrected chi connectivity index (χ2v) is 3.80. The van der Waals surface area contributed by atoms with E-state index in [1.54, 1.807) is 4.68 Å². The summed E-state index contributed by atoms with van der Waals surface area (Å²) in [5.41, 5.74) is 7.45. The highest BCUT2D eigenvalue weighted by Gasteiger charge is 2.06. The lowest BCUT2D eigenvalue weighted by Crippen LogP contribution is -2.04. The van der Waals surface area contributed by atoms with E-state index in [-0.39, 0.29) is 6.04 Å². The summed E-state index contributed by atoms with van der Waals surface area (Å²) in [7, 11) is 0. The molecule has 0 bridgehead atoms. The molecule has 5 nitrogen and oxygen atoms in total. The van der Waals surface area contributed by atoms with E-state index in [2.05, 4.69) is 10.3 Å². The molecule has 0 aliphatic heterocycles. The molecule has 2 rings (SSSR count). The van der Waals surface area contributed by atoms with Gasteiger partial charge in [0.2, 0.25) is 0 Å². The molecule has 17 heavy (non-hydrogen) atoms. The molecular formula is C12H16N4O. The minimum Gasteiger partial charge on any atom is -0.494 e. The maximum absolute atomic E-state index is 5.73. The van der Waals surface area contributed by atoms with Crippen LogP contribution < -0.4 is 10.5 Å². The van der Waals surface area contributed by atoms with E-state index in [1.807, 2.05) is 44.3 Å². The van der Waals surface area contributed by atoms with E-state index in [1.165, 1.54) is 0 Å². The number of hydrogen-bond acceptors (Lipinski definition) is 4. The zero-order chi connectivity index (χ0) is 12.3. The van der Waals surface area contributed by atoms with E-state index in [9.17, 15) is 0 Å². The summed E-state index contributed by atoms with van der Waals surface area (Å²) in [5, 5.41) is 8.04. The first-order valence-corrected chi connectivity index (χ1v) is 5.61. The third-order valence-corrected chi connectivity index (χ3v) is 2.39. The highest BCUT2D eigenvalue weighted by atomic mass is 16.5. The van der Waals surface area contributed by atoms with Gasteiger partial charge in [0.05, 0.1) is 24.2 Å². The molecule has 0 spiro atoms. The third-order valence-electron chi connectivity index (χ3n) is 2.39. The Balaban J connectivity index is 2.21. The molecule has 1 unspecified atom stereocenters. The molecular weight excluding hydrogens is 216 g/mol. The fourth-order valence-electron chi connectivity index (χ4n) is 1.47. The van der Waals surface area contributed by atoms with Gasteiger partial charge in [-0.25, -0.2) is 4.68 Å². The molecule has 1 atom stereocenters. The van der Waals surface area contributed by atoms with Crippen molar-refractivity contribution in [3.63, 3.8) is 0 Å². The Kier molecular flexibility index (Phi) is 3.39. The molecule has 5 heteroatoms. The van der Waals surface area contributed by atoms with Gasteiger partial charge in [-0.2, -0.15) is 0 Å². The third kappa shape index (κ3) is 2.62. The van der Waals surface area contributed by atoms with Gasteiger partial charge in [0.1, 0.15) is 5.75 Å². The Labute approximate surface area is 100 Å². The van der Waals surface area contributed by atoms with Crippen molar-refractivity contribution in [2.75, 3.05) is 6.61 Å². The minimum absolute atomic E-state index is 0.105. The lowest BCUT2D eigenvalue weighted by molar-refractivity contribution is 0.340. The minimum atomic E-state index is -0.105. The van der Waals surface area contributed by atoms with Crippen LogP contribution >= 0.6 is 0 Å². The summed E-state index contributed by atoms with van der Waals surface area (Å²) >= 11 is 0. The number of nitrogens with zero attached hydrogens (tertiary/aromatic N) is 3. The van der Waals surface area contributed by atoms with Crippen molar-refractivity contribution in [1.29, 1.82) is 0 Å². The normalized spacial score (nSPS) is 12.4. The molecule has 0 aliphatic rings. The Morgan fingerprint density at radius 2 is 2.06 bits per heavy atom. The van der Waals surface area contributed by atoms with Crippen molar-refractivity contribution in [2.45, 2.75) is 19.9 Å². The van der Waals surface area contributed by atoms with Crippen LogP contribution in [0.3, 0.4) is 0 Å². The van der Waals surface area contributed by atoms with E-state index in [0.29, 0.717) is 6.61 Å². The van der Waals surface area contributed by atoms with Crippen LogP contribution in [-0.4, -0.2) is 21.6 Å². The lowest BCUT2D eigenvalue weighted by atomic mass is 10.3. The number of nitrogens with two attached hydrogens (primary N) is 1. The van der Waals surface area contributed by atoms with Gasteiger partial charge < -0.3 is 10.5 Å². The summed E-state index contributed by atoms with van der Waals surface area (Å²) in [6, 6.07) is 7.58. The fraction of sp³-hybridized carbons (Fsp3) is 0.333. The van der Waals surface area contributed by atoms with Crippen LogP contribution in [0.5, 0.6) is 5.75 Å². The predicted octanol–water partition coefficient (Wildman–Crippen LogP) is 1.69. The zero-order valence-corrected chi connectivity index (χ0v) is 10.00. The van der Waals surface area contributed by atoms with E-state index in [0.717, 1.165) is 17.1 Å². The van der Waals surface area contributed by atoms with E-state index in [4.69, 9.17) is 10.5 Å². The molecule has 0 saturated carbocycles. The lowest BCUT2D eigenvalue weighted by Gasteiger charge is -2.04. The van der Waals surface area contributed by atoms with Crippen LogP contribution in [0, 0.1) is 0 Å². The largest absolute Gasteiger partial charge is 0.494 e. The quantitative estimate of drug-likeness (QED) is 0.871. The Hall–Kier alpha value is -1.88. The number of benzene rings is 1. The van der Waals surface area contributed by atoms with Crippen LogP contribution in [0.15, 0.2) is 30.5 Å². The van der Waals surface area contributed by atoms with Crippen molar-refractivity contribution < 1.29 is 4.74 Å². The SMILES string of the molecule is CCOc1ccc(-n2cc(C(C)N)nn2)cc1. The van der Waals surface area contributed by atoms with Gasteiger partial charge in [0.15, 0.2) is 0 Å². The monoisotopic (exact) mass is 232 g/mol. The number of rotatable bonds is 4.